The Hall–Kier alpha value is -2.34. The van der Waals surface area contributed by atoms with Crippen molar-refractivity contribution in [1.29, 1.82) is 0 Å². The highest BCUT2D eigenvalue weighted by molar-refractivity contribution is 6.32. The van der Waals surface area contributed by atoms with Gasteiger partial charge in [-0.1, -0.05) is 11.6 Å². The molecule has 116 valence electrons. The van der Waals surface area contributed by atoms with Crippen molar-refractivity contribution in [2.45, 2.75) is 6.42 Å². The fourth-order valence-corrected chi connectivity index (χ4v) is 1.89. The summed E-state index contributed by atoms with van der Waals surface area (Å²) in [4.78, 5) is 0. The lowest BCUT2D eigenvalue weighted by atomic mass is 10.3. The lowest BCUT2D eigenvalue weighted by Gasteiger charge is -2.10. The lowest BCUT2D eigenvalue weighted by molar-refractivity contribution is 0.310. The van der Waals surface area contributed by atoms with Crippen molar-refractivity contribution in [1.82, 2.24) is 0 Å². The largest absolute Gasteiger partial charge is 0.492 e. The maximum atomic E-state index is 13.1. The van der Waals surface area contributed by atoms with E-state index in [2.05, 4.69) is 5.16 Å². The van der Waals surface area contributed by atoms with Crippen molar-refractivity contribution in [2.75, 3.05) is 6.61 Å². The predicted molar refractivity (Wildman–Crippen MR) is 78.3 cm³/mol. The first-order valence-electron chi connectivity index (χ1n) is 6.30. The molecule has 0 aromatic heterocycles. The smallest absolute Gasteiger partial charge is 0.138 e. The number of benzene rings is 2. The Balaban J connectivity index is 2.05. The number of halogens is 3. The van der Waals surface area contributed by atoms with Crippen LogP contribution in [0.25, 0.3) is 0 Å². The van der Waals surface area contributed by atoms with Crippen molar-refractivity contribution < 1.29 is 23.5 Å². The van der Waals surface area contributed by atoms with Gasteiger partial charge in [-0.3, -0.25) is 0 Å². The van der Waals surface area contributed by atoms with Gasteiger partial charge in [0.15, 0.2) is 0 Å². The van der Waals surface area contributed by atoms with Crippen molar-refractivity contribution >= 4 is 17.8 Å². The lowest BCUT2D eigenvalue weighted by Crippen LogP contribution is -1.98. The van der Waals surface area contributed by atoms with E-state index < -0.39 is 11.6 Å². The molecular formula is C15H12ClF2NO3. The molecule has 2 aromatic carbocycles. The van der Waals surface area contributed by atoms with Crippen molar-refractivity contribution in [3.05, 3.63) is 53.1 Å². The second-order valence-corrected chi connectivity index (χ2v) is 4.64. The van der Waals surface area contributed by atoms with Crippen molar-refractivity contribution in [2.24, 2.45) is 5.16 Å². The molecule has 0 aliphatic heterocycles. The molecule has 0 spiro atoms. The number of hydrogen-bond acceptors (Lipinski definition) is 4. The third kappa shape index (κ3) is 4.60. The van der Waals surface area contributed by atoms with Crippen LogP contribution in [0.2, 0.25) is 5.02 Å². The Morgan fingerprint density at radius 3 is 2.45 bits per heavy atom. The topological polar surface area (TPSA) is 51.1 Å². The molecule has 0 saturated heterocycles. The predicted octanol–water partition coefficient (Wildman–Crippen LogP) is 4.64. The summed E-state index contributed by atoms with van der Waals surface area (Å²) in [6.07, 6.45) is 1.72. The number of nitrogens with zero attached hydrogens (tertiary/aromatic N) is 1. The molecule has 0 unspecified atom stereocenters. The standard InChI is InChI=1S/C15H12ClF2NO3/c16-14-9-12(2-3-15(14)21-5-1-4-19-20)22-13-7-10(17)6-11(18)8-13/h2-4,6-9,20H,1,5H2. The second-order valence-electron chi connectivity index (χ2n) is 4.23. The molecule has 0 radical (unpaired) electrons. The molecule has 0 saturated carbocycles. The molecule has 0 fully saturated rings. The summed E-state index contributed by atoms with van der Waals surface area (Å²) >= 11 is 6.03. The molecule has 0 heterocycles. The minimum atomic E-state index is -0.730. The van der Waals surface area contributed by atoms with Gasteiger partial charge in [-0.2, -0.15) is 0 Å². The molecule has 0 aliphatic rings. The van der Waals surface area contributed by atoms with Crippen LogP contribution < -0.4 is 9.47 Å². The number of hydrogen-bond donors (Lipinski definition) is 1. The van der Waals surface area contributed by atoms with Gasteiger partial charge in [0.1, 0.15) is 28.9 Å². The van der Waals surface area contributed by atoms with Gasteiger partial charge in [-0.25, -0.2) is 8.78 Å². The van der Waals surface area contributed by atoms with Crippen LogP contribution in [0.15, 0.2) is 41.6 Å². The zero-order valence-corrected chi connectivity index (χ0v) is 12.1. The van der Waals surface area contributed by atoms with E-state index in [1.54, 1.807) is 12.1 Å². The third-order valence-electron chi connectivity index (χ3n) is 2.56. The molecule has 0 amide bonds. The van der Waals surface area contributed by atoms with E-state index in [1.165, 1.54) is 12.3 Å². The van der Waals surface area contributed by atoms with E-state index in [0.29, 0.717) is 24.5 Å². The second kappa shape index (κ2) is 7.61. The molecule has 0 atom stereocenters. The van der Waals surface area contributed by atoms with Gasteiger partial charge >= 0.3 is 0 Å². The van der Waals surface area contributed by atoms with Crippen LogP contribution in [0.5, 0.6) is 17.2 Å². The van der Waals surface area contributed by atoms with Crippen LogP contribution in [0, 0.1) is 11.6 Å². The quantitative estimate of drug-likeness (QED) is 0.364. The highest BCUT2D eigenvalue weighted by atomic mass is 35.5. The Morgan fingerprint density at radius 1 is 1.09 bits per heavy atom. The molecule has 4 nitrogen and oxygen atoms in total. The van der Waals surface area contributed by atoms with E-state index in [0.717, 1.165) is 18.2 Å². The van der Waals surface area contributed by atoms with Crippen molar-refractivity contribution in [3.63, 3.8) is 0 Å². The van der Waals surface area contributed by atoms with E-state index >= 15 is 0 Å². The SMILES string of the molecule is ON=CCCOc1ccc(Oc2cc(F)cc(F)c2)cc1Cl. The number of oxime groups is 1. The Labute approximate surface area is 130 Å². The summed E-state index contributed by atoms with van der Waals surface area (Å²) in [5.41, 5.74) is 0. The van der Waals surface area contributed by atoms with E-state index in [1.807, 2.05) is 0 Å². The summed E-state index contributed by atoms with van der Waals surface area (Å²) in [5, 5.41) is 11.4. The maximum Gasteiger partial charge on any atom is 0.138 e. The van der Waals surface area contributed by atoms with Crippen LogP contribution >= 0.6 is 11.6 Å². The Bertz CT molecular complexity index is 660. The van der Waals surface area contributed by atoms with Crippen LogP contribution in [-0.2, 0) is 0 Å². The molecule has 0 bridgehead atoms. The fraction of sp³-hybridized carbons (Fsp3) is 0.133. The maximum absolute atomic E-state index is 13.1. The molecule has 7 heteroatoms. The van der Waals surface area contributed by atoms with Gasteiger partial charge in [-0.05, 0) is 12.1 Å². The van der Waals surface area contributed by atoms with Crippen LogP contribution in [-0.4, -0.2) is 18.0 Å². The summed E-state index contributed by atoms with van der Waals surface area (Å²) in [7, 11) is 0. The van der Waals surface area contributed by atoms with E-state index in [9.17, 15) is 8.78 Å². The number of rotatable bonds is 6. The van der Waals surface area contributed by atoms with Gasteiger partial charge in [0.2, 0.25) is 0 Å². The summed E-state index contributed by atoms with van der Waals surface area (Å²) in [6.45, 7) is 0.291. The minimum Gasteiger partial charge on any atom is -0.492 e. The Kier molecular flexibility index (Phi) is 5.55. The molecule has 0 aliphatic carbocycles. The van der Waals surface area contributed by atoms with Gasteiger partial charge in [0.25, 0.3) is 0 Å². The fourth-order valence-electron chi connectivity index (χ4n) is 1.66. The van der Waals surface area contributed by atoms with Gasteiger partial charge in [-0.15, -0.1) is 5.16 Å². The molecule has 22 heavy (non-hydrogen) atoms. The van der Waals surface area contributed by atoms with Crippen LogP contribution in [0.3, 0.4) is 0 Å². The zero-order chi connectivity index (χ0) is 15.9. The summed E-state index contributed by atoms with van der Waals surface area (Å²) < 4.78 is 36.9. The van der Waals surface area contributed by atoms with E-state index in [-0.39, 0.29) is 10.8 Å². The molecule has 2 rings (SSSR count). The highest BCUT2D eigenvalue weighted by Crippen LogP contribution is 2.31. The highest BCUT2D eigenvalue weighted by Gasteiger charge is 2.07. The summed E-state index contributed by atoms with van der Waals surface area (Å²) in [6, 6.07) is 7.49. The van der Waals surface area contributed by atoms with Crippen LogP contribution in [0.1, 0.15) is 6.42 Å². The minimum absolute atomic E-state index is 0.0291. The monoisotopic (exact) mass is 327 g/mol. The first-order chi connectivity index (χ1) is 10.6. The molecule has 1 N–H and O–H groups in total. The molecular weight excluding hydrogens is 316 g/mol. The zero-order valence-electron chi connectivity index (χ0n) is 11.3. The normalized spacial score (nSPS) is 10.9. The first-order valence-corrected chi connectivity index (χ1v) is 6.68. The van der Waals surface area contributed by atoms with Gasteiger partial charge in [0.05, 0.1) is 11.6 Å². The van der Waals surface area contributed by atoms with Crippen molar-refractivity contribution in [3.8, 4) is 17.2 Å². The van der Waals surface area contributed by atoms with Gasteiger partial charge in [0, 0.05) is 36.9 Å². The average molecular weight is 328 g/mol. The first kappa shape index (κ1) is 16.0. The van der Waals surface area contributed by atoms with Crippen LogP contribution in [0.4, 0.5) is 8.78 Å². The number of ether oxygens (including phenoxy) is 2. The Morgan fingerprint density at radius 2 is 1.82 bits per heavy atom. The molecule has 2 aromatic rings. The average Bonchev–Trinajstić information content (AvgIpc) is 2.44. The van der Waals surface area contributed by atoms with E-state index in [4.69, 9.17) is 26.3 Å². The third-order valence-corrected chi connectivity index (χ3v) is 2.86. The van der Waals surface area contributed by atoms with Gasteiger partial charge < -0.3 is 14.7 Å². The summed E-state index contributed by atoms with van der Waals surface area (Å²) in [5.74, 6) is -0.690.